The van der Waals surface area contributed by atoms with Crippen LogP contribution in [0, 0.1) is 27.7 Å². The lowest BCUT2D eigenvalue weighted by atomic mass is 10.1. The second-order valence-electron chi connectivity index (χ2n) is 5.92. The van der Waals surface area contributed by atoms with Gasteiger partial charge in [0, 0.05) is 26.2 Å². The number of nitrogens with zero attached hydrogens (tertiary/aromatic N) is 5. The highest BCUT2D eigenvalue weighted by Gasteiger charge is 2.15. The summed E-state index contributed by atoms with van der Waals surface area (Å²) in [6.45, 7) is 8.67. The molecule has 0 saturated heterocycles. The van der Waals surface area contributed by atoms with Gasteiger partial charge in [-0.2, -0.15) is 10.1 Å². The number of aromatic amines is 1. The van der Waals surface area contributed by atoms with Crippen LogP contribution in [0.5, 0.6) is 0 Å². The summed E-state index contributed by atoms with van der Waals surface area (Å²) in [4.78, 5) is 15.4. The molecule has 3 aromatic rings. The van der Waals surface area contributed by atoms with Gasteiger partial charge in [-0.05, 0) is 39.2 Å². The van der Waals surface area contributed by atoms with E-state index in [2.05, 4.69) is 37.0 Å². The number of fused-ring (bicyclic) bond motifs is 1. The Morgan fingerprint density at radius 2 is 1.87 bits per heavy atom. The van der Waals surface area contributed by atoms with Crippen LogP contribution in [0.15, 0.2) is 4.42 Å². The van der Waals surface area contributed by atoms with Gasteiger partial charge in [0.25, 0.3) is 5.71 Å². The molecule has 7 nitrogen and oxygen atoms in total. The van der Waals surface area contributed by atoms with Gasteiger partial charge in [0.2, 0.25) is 0 Å². The lowest BCUT2D eigenvalue weighted by Gasteiger charge is -2.18. The molecule has 3 aromatic heterocycles. The van der Waals surface area contributed by atoms with E-state index < -0.39 is 0 Å². The molecule has 0 radical (unpaired) electrons. The summed E-state index contributed by atoms with van der Waals surface area (Å²) in [5, 5.41) is 7.28. The van der Waals surface area contributed by atoms with E-state index in [1.54, 1.807) is 0 Å². The molecule has 0 aromatic carbocycles. The van der Waals surface area contributed by atoms with E-state index >= 15 is 0 Å². The number of hydrogen-bond acceptors (Lipinski definition) is 6. The van der Waals surface area contributed by atoms with E-state index in [1.165, 1.54) is 5.56 Å². The van der Waals surface area contributed by atoms with Gasteiger partial charge in [-0.25, -0.2) is 9.97 Å². The zero-order chi connectivity index (χ0) is 16.6. The van der Waals surface area contributed by atoms with Crippen LogP contribution in [0.1, 0.15) is 35.1 Å². The van der Waals surface area contributed by atoms with Crippen LogP contribution in [-0.4, -0.2) is 38.7 Å². The number of hydrogen-bond donors (Lipinski definition) is 1. The number of oxazole rings is 1. The molecular formula is C16H22N6O. The lowest BCUT2D eigenvalue weighted by Crippen LogP contribution is -2.21. The third-order valence-corrected chi connectivity index (χ3v) is 4.02. The van der Waals surface area contributed by atoms with Gasteiger partial charge in [0.1, 0.15) is 5.82 Å². The Bertz CT molecular complexity index is 815. The Morgan fingerprint density at radius 1 is 1.09 bits per heavy atom. The summed E-state index contributed by atoms with van der Waals surface area (Å²) in [7, 11) is 2.03. The maximum absolute atomic E-state index is 5.53. The van der Waals surface area contributed by atoms with Gasteiger partial charge in [0.05, 0.1) is 5.69 Å². The largest absolute Gasteiger partial charge is 0.422 e. The average Bonchev–Trinajstić information content (AvgIpc) is 3.01. The highest BCUT2D eigenvalue weighted by atomic mass is 16.4. The van der Waals surface area contributed by atoms with E-state index in [4.69, 9.17) is 4.42 Å². The lowest BCUT2D eigenvalue weighted by molar-refractivity contribution is 0.550. The quantitative estimate of drug-likeness (QED) is 0.779. The Labute approximate surface area is 135 Å². The monoisotopic (exact) mass is 314 g/mol. The van der Waals surface area contributed by atoms with Crippen molar-refractivity contribution in [3.05, 3.63) is 28.7 Å². The van der Waals surface area contributed by atoms with Gasteiger partial charge in [-0.1, -0.05) is 0 Å². The fraction of sp³-hybridized carbons (Fsp3) is 0.500. The molecule has 7 heteroatoms. The number of anilines is 1. The van der Waals surface area contributed by atoms with E-state index in [0.717, 1.165) is 42.1 Å². The van der Waals surface area contributed by atoms with E-state index in [1.807, 2.05) is 27.8 Å². The third-order valence-electron chi connectivity index (χ3n) is 4.02. The maximum Gasteiger partial charge on any atom is 0.252 e. The van der Waals surface area contributed by atoms with Crippen molar-refractivity contribution in [2.24, 2.45) is 0 Å². The fourth-order valence-electron chi connectivity index (χ4n) is 2.82. The zero-order valence-electron chi connectivity index (χ0n) is 14.3. The molecule has 23 heavy (non-hydrogen) atoms. The van der Waals surface area contributed by atoms with Crippen molar-refractivity contribution in [1.82, 2.24) is 25.1 Å². The first kappa shape index (κ1) is 15.5. The number of H-pyrrole nitrogens is 1. The molecule has 0 fully saturated rings. The molecule has 0 unspecified atom stereocenters. The van der Waals surface area contributed by atoms with Crippen molar-refractivity contribution in [3.8, 4) is 0 Å². The average molecular weight is 314 g/mol. The van der Waals surface area contributed by atoms with Gasteiger partial charge < -0.3 is 9.32 Å². The standard InChI is InChI=1S/C16H22N6O/c1-9-13(10(2)21-20-9)7-6-8-22(5)15-14-16(18-11(3)17-15)23-12(4)19-14/h6-8H2,1-5H3,(H,20,21). The van der Waals surface area contributed by atoms with Crippen LogP contribution in [-0.2, 0) is 6.42 Å². The van der Waals surface area contributed by atoms with Gasteiger partial charge >= 0.3 is 0 Å². The number of rotatable bonds is 5. The van der Waals surface area contributed by atoms with Gasteiger partial charge in [-0.15, -0.1) is 0 Å². The molecular weight excluding hydrogens is 292 g/mol. The highest BCUT2D eigenvalue weighted by Crippen LogP contribution is 2.23. The van der Waals surface area contributed by atoms with Gasteiger partial charge in [-0.3, -0.25) is 5.10 Å². The van der Waals surface area contributed by atoms with Crippen molar-refractivity contribution in [3.63, 3.8) is 0 Å². The smallest absolute Gasteiger partial charge is 0.252 e. The Morgan fingerprint density at radius 3 is 2.57 bits per heavy atom. The Balaban J connectivity index is 1.74. The van der Waals surface area contributed by atoms with Crippen LogP contribution in [0.25, 0.3) is 11.2 Å². The highest BCUT2D eigenvalue weighted by molar-refractivity contribution is 5.81. The van der Waals surface area contributed by atoms with Crippen LogP contribution >= 0.6 is 0 Å². The van der Waals surface area contributed by atoms with Crippen LogP contribution in [0.2, 0.25) is 0 Å². The minimum Gasteiger partial charge on any atom is -0.422 e. The van der Waals surface area contributed by atoms with E-state index in [9.17, 15) is 0 Å². The third kappa shape index (κ3) is 3.04. The summed E-state index contributed by atoms with van der Waals surface area (Å²) in [5.74, 6) is 2.13. The van der Waals surface area contributed by atoms with E-state index in [0.29, 0.717) is 17.4 Å². The Hall–Kier alpha value is -2.44. The summed E-state index contributed by atoms with van der Waals surface area (Å²) in [6.07, 6.45) is 2.00. The van der Waals surface area contributed by atoms with Crippen molar-refractivity contribution in [2.75, 3.05) is 18.5 Å². The molecule has 3 heterocycles. The van der Waals surface area contributed by atoms with Crippen LogP contribution in [0.4, 0.5) is 5.82 Å². The first-order valence-corrected chi connectivity index (χ1v) is 7.79. The summed E-state index contributed by atoms with van der Waals surface area (Å²) >= 11 is 0. The van der Waals surface area contributed by atoms with E-state index in [-0.39, 0.29) is 0 Å². The minimum absolute atomic E-state index is 0.554. The molecule has 0 aliphatic carbocycles. The molecule has 0 bridgehead atoms. The van der Waals surface area contributed by atoms with Crippen molar-refractivity contribution >= 4 is 17.0 Å². The number of aromatic nitrogens is 5. The molecule has 122 valence electrons. The second-order valence-corrected chi connectivity index (χ2v) is 5.92. The molecule has 0 spiro atoms. The number of nitrogens with one attached hydrogen (secondary N) is 1. The first-order chi connectivity index (χ1) is 11.0. The zero-order valence-corrected chi connectivity index (χ0v) is 14.3. The molecule has 0 amide bonds. The normalized spacial score (nSPS) is 11.3. The van der Waals surface area contributed by atoms with Crippen LogP contribution < -0.4 is 4.90 Å². The Kier molecular flexibility index (Phi) is 4.02. The maximum atomic E-state index is 5.53. The van der Waals surface area contributed by atoms with Crippen molar-refractivity contribution in [1.29, 1.82) is 0 Å². The minimum atomic E-state index is 0.554. The molecule has 0 aliphatic heterocycles. The number of aryl methyl sites for hydroxylation is 4. The predicted molar refractivity (Wildman–Crippen MR) is 88.7 cm³/mol. The molecule has 0 atom stereocenters. The molecule has 3 rings (SSSR count). The van der Waals surface area contributed by atoms with Crippen molar-refractivity contribution < 1.29 is 4.42 Å². The second kappa shape index (κ2) is 5.98. The molecule has 1 N–H and O–H groups in total. The summed E-state index contributed by atoms with van der Waals surface area (Å²) < 4.78 is 5.53. The first-order valence-electron chi connectivity index (χ1n) is 7.79. The predicted octanol–water partition coefficient (Wildman–Crippen LogP) is 2.64. The summed E-state index contributed by atoms with van der Waals surface area (Å²) in [5.41, 5.74) is 4.82. The van der Waals surface area contributed by atoms with Gasteiger partial charge in [0.15, 0.2) is 17.2 Å². The topological polar surface area (TPSA) is 83.7 Å². The summed E-state index contributed by atoms with van der Waals surface area (Å²) in [6, 6.07) is 0. The van der Waals surface area contributed by atoms with Crippen LogP contribution in [0.3, 0.4) is 0 Å². The molecule has 0 saturated carbocycles. The molecule has 0 aliphatic rings. The fourth-order valence-corrected chi connectivity index (χ4v) is 2.82. The SMILES string of the molecule is Cc1nc(N(C)CCCc2c(C)n[nH]c2C)c2nc(C)oc2n1. The van der Waals surface area contributed by atoms with Crippen molar-refractivity contribution in [2.45, 2.75) is 40.5 Å².